The van der Waals surface area contributed by atoms with Gasteiger partial charge in [0.1, 0.15) is 5.75 Å². The number of carbonyl (C=O) groups is 1. The van der Waals surface area contributed by atoms with Crippen LogP contribution in [0.4, 0.5) is 0 Å². The lowest BCUT2D eigenvalue weighted by Gasteiger charge is -2.37. The number of hydrogen-bond donors (Lipinski definition) is 1. The van der Waals surface area contributed by atoms with Gasteiger partial charge in [-0.25, -0.2) is 0 Å². The summed E-state index contributed by atoms with van der Waals surface area (Å²) in [6.45, 7) is 0.819. The lowest BCUT2D eigenvalue weighted by Crippen LogP contribution is -2.46. The fourth-order valence-electron chi connectivity index (χ4n) is 2.27. The van der Waals surface area contributed by atoms with Gasteiger partial charge in [0.25, 0.3) is 0 Å². The first-order chi connectivity index (χ1) is 9.70. The fourth-order valence-corrected chi connectivity index (χ4v) is 2.65. The molecule has 0 unspecified atom stereocenters. The van der Waals surface area contributed by atoms with Crippen LogP contribution in [0.3, 0.4) is 0 Å². The second-order valence-electron chi connectivity index (χ2n) is 4.95. The van der Waals surface area contributed by atoms with Gasteiger partial charge in [0.15, 0.2) is 0 Å². The van der Waals surface area contributed by atoms with Gasteiger partial charge >= 0.3 is 0 Å². The average molecular weight is 342 g/mol. The first kappa shape index (κ1) is 15.3. The molecule has 1 aliphatic rings. The molecule has 1 aromatic rings. The van der Waals surface area contributed by atoms with Crippen molar-refractivity contribution in [2.45, 2.75) is 31.7 Å². The molecule has 1 fully saturated rings. The van der Waals surface area contributed by atoms with Gasteiger partial charge in [0, 0.05) is 17.1 Å². The zero-order valence-corrected chi connectivity index (χ0v) is 13.0. The van der Waals surface area contributed by atoms with Gasteiger partial charge in [0.2, 0.25) is 5.91 Å². The largest absolute Gasteiger partial charge is 0.493 e. The molecule has 0 aromatic heterocycles. The predicted octanol–water partition coefficient (Wildman–Crippen LogP) is 2.59. The van der Waals surface area contributed by atoms with Gasteiger partial charge in [-0.05, 0) is 37.5 Å². The first-order valence-corrected chi connectivity index (χ1v) is 7.78. The van der Waals surface area contributed by atoms with Gasteiger partial charge in [-0.15, -0.1) is 0 Å². The SMILES string of the molecule is O=C(CCOc1cccc(Br)c1)N(CCO)C1CCC1. The molecule has 1 saturated carbocycles. The van der Waals surface area contributed by atoms with Crippen molar-refractivity contribution in [1.29, 1.82) is 0 Å². The molecule has 0 bridgehead atoms. The summed E-state index contributed by atoms with van der Waals surface area (Å²) in [5.74, 6) is 0.822. The fraction of sp³-hybridized carbons (Fsp3) is 0.533. The third-order valence-corrected chi connectivity index (χ3v) is 4.05. The summed E-state index contributed by atoms with van der Waals surface area (Å²) in [5.41, 5.74) is 0. The summed E-state index contributed by atoms with van der Waals surface area (Å²) >= 11 is 3.38. The van der Waals surface area contributed by atoms with Gasteiger partial charge in [-0.2, -0.15) is 0 Å². The Morgan fingerprint density at radius 3 is 2.85 bits per heavy atom. The Morgan fingerprint density at radius 1 is 1.45 bits per heavy atom. The van der Waals surface area contributed by atoms with Crippen LogP contribution in [0.15, 0.2) is 28.7 Å². The van der Waals surface area contributed by atoms with Gasteiger partial charge in [-0.3, -0.25) is 4.79 Å². The van der Waals surface area contributed by atoms with Crippen LogP contribution >= 0.6 is 15.9 Å². The molecule has 2 rings (SSSR count). The summed E-state index contributed by atoms with van der Waals surface area (Å²) in [6.07, 6.45) is 3.63. The molecule has 1 aromatic carbocycles. The van der Waals surface area contributed by atoms with Crippen molar-refractivity contribution in [3.05, 3.63) is 28.7 Å². The molecule has 0 spiro atoms. The summed E-state index contributed by atoms with van der Waals surface area (Å²) in [4.78, 5) is 13.9. The van der Waals surface area contributed by atoms with Crippen LogP contribution in [-0.2, 0) is 4.79 Å². The molecule has 0 aliphatic heterocycles. The summed E-state index contributed by atoms with van der Waals surface area (Å²) in [6, 6.07) is 7.89. The number of nitrogens with zero attached hydrogens (tertiary/aromatic N) is 1. The maximum atomic E-state index is 12.2. The second-order valence-corrected chi connectivity index (χ2v) is 5.87. The van der Waals surface area contributed by atoms with E-state index >= 15 is 0 Å². The van der Waals surface area contributed by atoms with Gasteiger partial charge in [-0.1, -0.05) is 22.0 Å². The molecule has 1 amide bonds. The quantitative estimate of drug-likeness (QED) is 0.829. The lowest BCUT2D eigenvalue weighted by molar-refractivity contribution is -0.136. The molecule has 0 saturated heterocycles. The highest BCUT2D eigenvalue weighted by atomic mass is 79.9. The minimum absolute atomic E-state index is 0.0225. The Kier molecular flexibility index (Phi) is 5.86. The van der Waals surface area contributed by atoms with E-state index in [1.165, 1.54) is 6.42 Å². The Hall–Kier alpha value is -1.07. The van der Waals surface area contributed by atoms with Crippen molar-refractivity contribution in [1.82, 2.24) is 4.90 Å². The van der Waals surface area contributed by atoms with Crippen LogP contribution in [-0.4, -0.2) is 41.7 Å². The van der Waals surface area contributed by atoms with E-state index in [1.807, 2.05) is 24.3 Å². The van der Waals surface area contributed by atoms with E-state index in [1.54, 1.807) is 4.90 Å². The Bertz CT molecular complexity index is 448. The average Bonchev–Trinajstić information content (AvgIpc) is 2.36. The molecular formula is C15H20BrNO3. The minimum Gasteiger partial charge on any atom is -0.493 e. The van der Waals surface area contributed by atoms with Crippen molar-refractivity contribution < 1.29 is 14.6 Å². The van der Waals surface area contributed by atoms with E-state index in [2.05, 4.69) is 15.9 Å². The highest BCUT2D eigenvalue weighted by Gasteiger charge is 2.27. The summed E-state index contributed by atoms with van der Waals surface area (Å²) in [7, 11) is 0. The molecule has 1 aliphatic carbocycles. The molecule has 110 valence electrons. The summed E-state index contributed by atoms with van der Waals surface area (Å²) in [5, 5.41) is 9.06. The second kappa shape index (κ2) is 7.64. The number of amides is 1. The number of aliphatic hydroxyl groups is 1. The number of aliphatic hydroxyl groups excluding tert-OH is 1. The number of rotatable bonds is 7. The van der Waals surface area contributed by atoms with Crippen molar-refractivity contribution in [3.8, 4) is 5.75 Å². The lowest BCUT2D eigenvalue weighted by atomic mass is 9.91. The number of carbonyl (C=O) groups excluding carboxylic acids is 1. The summed E-state index contributed by atoms with van der Waals surface area (Å²) < 4.78 is 6.53. The van der Waals surface area contributed by atoms with E-state index < -0.39 is 0 Å². The molecule has 5 heteroatoms. The van der Waals surface area contributed by atoms with E-state index in [9.17, 15) is 4.79 Å². The molecule has 0 radical (unpaired) electrons. The zero-order chi connectivity index (χ0) is 14.4. The van der Waals surface area contributed by atoms with Crippen LogP contribution in [0, 0.1) is 0 Å². The van der Waals surface area contributed by atoms with E-state index in [-0.39, 0.29) is 12.5 Å². The number of benzene rings is 1. The van der Waals surface area contributed by atoms with Gasteiger partial charge in [0.05, 0.1) is 19.6 Å². The number of ether oxygens (including phenoxy) is 1. The Balaban J connectivity index is 1.78. The van der Waals surface area contributed by atoms with Crippen molar-refractivity contribution >= 4 is 21.8 Å². The molecule has 0 heterocycles. The monoisotopic (exact) mass is 341 g/mol. The highest BCUT2D eigenvalue weighted by Crippen LogP contribution is 2.25. The third-order valence-electron chi connectivity index (χ3n) is 3.56. The topological polar surface area (TPSA) is 49.8 Å². The van der Waals surface area contributed by atoms with Crippen molar-refractivity contribution in [2.24, 2.45) is 0 Å². The van der Waals surface area contributed by atoms with E-state index in [4.69, 9.17) is 9.84 Å². The molecular weight excluding hydrogens is 322 g/mol. The van der Waals surface area contributed by atoms with E-state index in [0.717, 1.165) is 23.1 Å². The maximum absolute atomic E-state index is 12.2. The van der Waals surface area contributed by atoms with E-state index in [0.29, 0.717) is 25.6 Å². The molecule has 20 heavy (non-hydrogen) atoms. The van der Waals surface area contributed by atoms with Crippen LogP contribution in [0.5, 0.6) is 5.75 Å². The number of hydrogen-bond acceptors (Lipinski definition) is 3. The maximum Gasteiger partial charge on any atom is 0.226 e. The van der Waals surface area contributed by atoms with Crippen molar-refractivity contribution in [3.63, 3.8) is 0 Å². The van der Waals surface area contributed by atoms with Crippen LogP contribution in [0.2, 0.25) is 0 Å². The predicted molar refractivity (Wildman–Crippen MR) is 80.7 cm³/mol. The van der Waals surface area contributed by atoms with Crippen molar-refractivity contribution in [2.75, 3.05) is 19.8 Å². The van der Waals surface area contributed by atoms with Crippen LogP contribution in [0.25, 0.3) is 0 Å². The molecule has 0 atom stereocenters. The number of halogens is 1. The normalized spacial score (nSPS) is 14.7. The Morgan fingerprint density at radius 2 is 2.25 bits per heavy atom. The first-order valence-electron chi connectivity index (χ1n) is 6.99. The van der Waals surface area contributed by atoms with Gasteiger partial charge < -0.3 is 14.7 Å². The zero-order valence-electron chi connectivity index (χ0n) is 11.4. The minimum atomic E-state index is 0.0225. The van der Waals surface area contributed by atoms with Crippen LogP contribution < -0.4 is 4.74 Å². The molecule has 1 N–H and O–H groups in total. The Labute approximate surface area is 127 Å². The molecule has 4 nitrogen and oxygen atoms in total. The third kappa shape index (κ3) is 4.21. The smallest absolute Gasteiger partial charge is 0.226 e. The standard InChI is InChI=1S/C15H20BrNO3/c16-12-3-1-6-14(11-12)20-10-7-15(19)17(8-9-18)13-4-2-5-13/h1,3,6,11,13,18H,2,4-5,7-10H2. The van der Waals surface area contributed by atoms with Crippen LogP contribution in [0.1, 0.15) is 25.7 Å². The highest BCUT2D eigenvalue weighted by molar-refractivity contribution is 9.10.